The molecule has 0 aromatic heterocycles. The van der Waals surface area contributed by atoms with E-state index in [2.05, 4.69) is 74.6 Å². The van der Waals surface area contributed by atoms with Crippen molar-refractivity contribution in [1.29, 1.82) is 0 Å². The summed E-state index contributed by atoms with van der Waals surface area (Å²) in [5.74, 6) is -0.403. The Kier molecular flexibility index (Phi) is 37.6. The van der Waals surface area contributed by atoms with E-state index in [0.29, 0.717) is 13.0 Å². The molecule has 2 fully saturated rings. The van der Waals surface area contributed by atoms with Gasteiger partial charge in [0.25, 0.3) is 0 Å². The molecular formula is C54H94O14. The molecule has 0 radical (unpaired) electrons. The summed E-state index contributed by atoms with van der Waals surface area (Å²) in [4.78, 5) is 13.0. The average molecular weight is 967 g/mol. The Bertz CT molecular complexity index is 1350. The monoisotopic (exact) mass is 967 g/mol. The molecule has 7 N–H and O–H groups in total. The fourth-order valence-corrected chi connectivity index (χ4v) is 7.98. The molecule has 2 saturated heterocycles. The van der Waals surface area contributed by atoms with Gasteiger partial charge in [-0.1, -0.05) is 152 Å². The molecule has 2 rings (SSSR count). The predicted molar refractivity (Wildman–Crippen MR) is 266 cm³/mol. The van der Waals surface area contributed by atoms with E-state index in [1.54, 1.807) is 0 Å². The summed E-state index contributed by atoms with van der Waals surface area (Å²) in [5.41, 5.74) is 0. The minimum atomic E-state index is -1.71. The largest absolute Gasteiger partial charge is 0.457 e. The number of hydrogen-bond acceptors (Lipinski definition) is 14. The minimum Gasteiger partial charge on any atom is -0.457 e. The van der Waals surface area contributed by atoms with Crippen molar-refractivity contribution in [3.05, 3.63) is 60.8 Å². The first-order chi connectivity index (χ1) is 33.1. The van der Waals surface area contributed by atoms with E-state index in [9.17, 15) is 40.5 Å². The smallest absolute Gasteiger partial charge is 0.306 e. The maximum Gasteiger partial charge on any atom is 0.306 e. The van der Waals surface area contributed by atoms with Crippen molar-refractivity contribution in [3.63, 3.8) is 0 Å². The number of ether oxygens (including phenoxy) is 6. The molecule has 0 aromatic carbocycles. The lowest BCUT2D eigenvalue weighted by Gasteiger charge is -2.42. The second-order valence-corrected chi connectivity index (χ2v) is 18.3. The van der Waals surface area contributed by atoms with Crippen molar-refractivity contribution in [2.75, 3.05) is 33.0 Å². The molecule has 11 unspecified atom stereocenters. The molecule has 0 aromatic rings. The zero-order valence-electron chi connectivity index (χ0n) is 41.8. The van der Waals surface area contributed by atoms with Gasteiger partial charge in [0, 0.05) is 13.0 Å². The normalized spacial score (nSPS) is 26.4. The highest BCUT2D eigenvalue weighted by molar-refractivity contribution is 5.69. The van der Waals surface area contributed by atoms with Gasteiger partial charge in [-0.3, -0.25) is 4.79 Å². The quantitative estimate of drug-likeness (QED) is 0.0175. The lowest BCUT2D eigenvalue weighted by Crippen LogP contribution is -2.61. The van der Waals surface area contributed by atoms with E-state index in [0.717, 1.165) is 77.0 Å². The van der Waals surface area contributed by atoms with Gasteiger partial charge in [-0.05, 0) is 77.0 Å². The molecule has 0 bridgehead atoms. The van der Waals surface area contributed by atoms with Crippen molar-refractivity contribution in [3.8, 4) is 0 Å². The maximum absolute atomic E-state index is 13.0. The topological polar surface area (TPSA) is 214 Å². The van der Waals surface area contributed by atoms with Crippen LogP contribution in [0.1, 0.15) is 174 Å². The number of aliphatic hydroxyl groups excluding tert-OH is 7. The molecule has 0 spiro atoms. The number of hydrogen-bond donors (Lipinski definition) is 7. The number of rotatable bonds is 41. The van der Waals surface area contributed by atoms with Gasteiger partial charge in [0.15, 0.2) is 12.6 Å². The number of allylic oxidation sites excluding steroid dienone is 10. The highest BCUT2D eigenvalue weighted by Crippen LogP contribution is 2.26. The summed E-state index contributed by atoms with van der Waals surface area (Å²) >= 11 is 0. The van der Waals surface area contributed by atoms with Crippen LogP contribution >= 0.6 is 0 Å². The SMILES string of the molecule is CC/C=C\C/C=C\C/C=C\C/C=C\CCCCCCC(=O)OC(COCCCCCCCC/C=C\CCCCCCCCC)COC1OC(COC2OC(CO)C(O)C(O)C2O)C(O)C(O)C1O. The Balaban J connectivity index is 1.78. The van der Waals surface area contributed by atoms with Crippen molar-refractivity contribution in [2.45, 2.75) is 242 Å². The highest BCUT2D eigenvalue weighted by Gasteiger charge is 2.47. The lowest BCUT2D eigenvalue weighted by atomic mass is 9.98. The third-order valence-electron chi connectivity index (χ3n) is 12.3. The van der Waals surface area contributed by atoms with Crippen molar-refractivity contribution >= 4 is 5.97 Å². The van der Waals surface area contributed by atoms with Crippen LogP contribution in [0, 0.1) is 0 Å². The van der Waals surface area contributed by atoms with E-state index in [4.69, 9.17) is 28.4 Å². The van der Waals surface area contributed by atoms with Crippen LogP contribution in [0.5, 0.6) is 0 Å². The summed E-state index contributed by atoms with van der Waals surface area (Å²) in [6, 6.07) is 0. The maximum atomic E-state index is 13.0. The van der Waals surface area contributed by atoms with Gasteiger partial charge < -0.3 is 64.2 Å². The van der Waals surface area contributed by atoms with Gasteiger partial charge in [-0.15, -0.1) is 0 Å². The molecule has 0 amide bonds. The zero-order chi connectivity index (χ0) is 49.5. The molecule has 2 aliphatic rings. The van der Waals surface area contributed by atoms with Gasteiger partial charge in [0.1, 0.15) is 54.9 Å². The minimum absolute atomic E-state index is 0.0451. The predicted octanol–water partition coefficient (Wildman–Crippen LogP) is 8.13. The Morgan fingerprint density at radius 2 is 0.956 bits per heavy atom. The second kappa shape index (κ2) is 41.3. The highest BCUT2D eigenvalue weighted by atomic mass is 16.7. The molecule has 2 heterocycles. The number of carbonyl (C=O) groups excluding carboxylic acids is 1. The third kappa shape index (κ3) is 28.5. The van der Waals surface area contributed by atoms with E-state index in [1.165, 1.54) is 70.6 Å². The third-order valence-corrected chi connectivity index (χ3v) is 12.3. The van der Waals surface area contributed by atoms with Crippen LogP contribution in [-0.2, 0) is 33.2 Å². The molecule has 14 heteroatoms. The summed E-state index contributed by atoms with van der Waals surface area (Å²) in [5, 5.41) is 72.2. The molecule has 68 heavy (non-hydrogen) atoms. The number of unbranched alkanes of at least 4 members (excludes halogenated alkanes) is 17. The Morgan fingerprint density at radius 3 is 1.51 bits per heavy atom. The standard InChI is InChI=1S/C54H94O14/c1-3-5-7-9-11-13-15-17-19-21-23-25-27-29-31-33-35-37-46(56)66-43(40-63-38-36-34-32-30-28-26-24-22-20-18-16-14-12-10-8-6-4-2)41-64-53-52(62)50(60)48(58)45(68-53)42-65-54-51(61)49(59)47(57)44(39-55)67-54/h5,7,11,13,17,19-20,22-23,25,43-45,47-55,57-62H,3-4,6,8-10,12,14-16,18,21,24,26-42H2,1-2H3/b7-5-,13-11-,19-17-,22-20-,25-23-. The van der Waals surface area contributed by atoms with Gasteiger partial charge in [-0.2, -0.15) is 0 Å². The van der Waals surface area contributed by atoms with Crippen LogP contribution in [0.2, 0.25) is 0 Å². The fraction of sp³-hybridized carbons (Fsp3) is 0.796. The summed E-state index contributed by atoms with van der Waals surface area (Å²) in [6.07, 6.45) is 32.8. The van der Waals surface area contributed by atoms with Crippen LogP contribution in [0.25, 0.3) is 0 Å². The van der Waals surface area contributed by atoms with E-state index >= 15 is 0 Å². The van der Waals surface area contributed by atoms with Crippen molar-refractivity contribution in [1.82, 2.24) is 0 Å². The van der Waals surface area contributed by atoms with E-state index < -0.39 is 86.7 Å². The number of esters is 1. The molecule has 0 aliphatic carbocycles. The first-order valence-corrected chi connectivity index (χ1v) is 26.4. The summed E-state index contributed by atoms with van der Waals surface area (Å²) in [6.45, 7) is 3.52. The molecule has 394 valence electrons. The first-order valence-electron chi connectivity index (χ1n) is 26.4. The van der Waals surface area contributed by atoms with Gasteiger partial charge in [0.05, 0.1) is 26.4 Å². The van der Waals surface area contributed by atoms with Gasteiger partial charge >= 0.3 is 5.97 Å². The Hall–Kier alpha value is -2.31. The second-order valence-electron chi connectivity index (χ2n) is 18.3. The van der Waals surface area contributed by atoms with Crippen molar-refractivity contribution in [2.24, 2.45) is 0 Å². The Labute approximate surface area is 409 Å². The van der Waals surface area contributed by atoms with Crippen LogP contribution in [0.15, 0.2) is 60.8 Å². The molecule has 2 aliphatic heterocycles. The summed E-state index contributed by atoms with van der Waals surface area (Å²) in [7, 11) is 0. The van der Waals surface area contributed by atoms with E-state index in [-0.39, 0.29) is 19.6 Å². The zero-order valence-corrected chi connectivity index (χ0v) is 41.8. The number of carbonyl (C=O) groups is 1. The average Bonchev–Trinajstić information content (AvgIpc) is 3.33. The summed E-state index contributed by atoms with van der Waals surface area (Å²) < 4.78 is 34.3. The molecule has 14 nitrogen and oxygen atoms in total. The van der Waals surface area contributed by atoms with Gasteiger partial charge in [0.2, 0.25) is 0 Å². The van der Waals surface area contributed by atoms with Crippen LogP contribution < -0.4 is 0 Å². The van der Waals surface area contributed by atoms with Crippen LogP contribution in [-0.4, -0.2) is 142 Å². The van der Waals surface area contributed by atoms with E-state index in [1.807, 2.05) is 0 Å². The van der Waals surface area contributed by atoms with Crippen LogP contribution in [0.3, 0.4) is 0 Å². The van der Waals surface area contributed by atoms with Crippen molar-refractivity contribution < 1.29 is 69.0 Å². The van der Waals surface area contributed by atoms with Crippen LogP contribution in [0.4, 0.5) is 0 Å². The van der Waals surface area contributed by atoms with Gasteiger partial charge in [-0.25, -0.2) is 0 Å². The Morgan fingerprint density at radius 1 is 0.500 bits per heavy atom. The molecule has 11 atom stereocenters. The lowest BCUT2D eigenvalue weighted by molar-refractivity contribution is -0.332. The molecular weight excluding hydrogens is 873 g/mol. The molecule has 0 saturated carbocycles. The first kappa shape index (κ1) is 61.8. The number of aliphatic hydroxyl groups is 7. The fourth-order valence-electron chi connectivity index (χ4n) is 7.98.